The van der Waals surface area contributed by atoms with Crippen LogP contribution >= 0.6 is 0 Å². The van der Waals surface area contributed by atoms with Gasteiger partial charge in [-0.2, -0.15) is 0 Å². The predicted molar refractivity (Wildman–Crippen MR) is 34.1 cm³/mol. The van der Waals surface area contributed by atoms with Crippen molar-refractivity contribution in [3.63, 3.8) is 0 Å². The molecule has 46 valence electrons. The molecule has 1 N–H and O–H groups in total. The summed E-state index contributed by atoms with van der Waals surface area (Å²) in [5, 5.41) is 3.17. The lowest BCUT2D eigenvalue weighted by molar-refractivity contribution is 0.312. The minimum absolute atomic E-state index is 0.500. The average molecular weight is 112 g/mol. The largest absolute Gasteiger partial charge is 0.370 e. The number of rotatable bonds is 1. The van der Waals surface area contributed by atoms with Crippen LogP contribution < -0.4 is 5.32 Å². The van der Waals surface area contributed by atoms with Crippen LogP contribution in [0.15, 0.2) is 12.4 Å². The second-order valence-corrected chi connectivity index (χ2v) is 1.99. The van der Waals surface area contributed by atoms with Crippen molar-refractivity contribution in [1.29, 1.82) is 0 Å². The molecule has 0 aromatic heterocycles. The van der Waals surface area contributed by atoms with Crippen molar-refractivity contribution in [1.82, 2.24) is 10.2 Å². The van der Waals surface area contributed by atoms with Crippen molar-refractivity contribution in [2.24, 2.45) is 0 Å². The molecule has 0 fully saturated rings. The third-order valence-electron chi connectivity index (χ3n) is 1.47. The molecule has 1 aliphatic heterocycles. The molecule has 2 nitrogen and oxygen atoms in total. The molecule has 0 bridgehead atoms. The third kappa shape index (κ3) is 0.782. The highest BCUT2D eigenvalue weighted by Gasteiger charge is 2.08. The van der Waals surface area contributed by atoms with E-state index in [4.69, 9.17) is 0 Å². The van der Waals surface area contributed by atoms with Crippen LogP contribution in [0, 0.1) is 0 Å². The van der Waals surface area contributed by atoms with Gasteiger partial charge in [-0.1, -0.05) is 0 Å². The van der Waals surface area contributed by atoms with E-state index in [-0.39, 0.29) is 0 Å². The molecule has 0 saturated heterocycles. The second-order valence-electron chi connectivity index (χ2n) is 1.99. The zero-order chi connectivity index (χ0) is 5.98. The zero-order valence-electron chi connectivity index (χ0n) is 5.39. The van der Waals surface area contributed by atoms with Gasteiger partial charge in [0.05, 0.1) is 6.17 Å². The minimum Gasteiger partial charge on any atom is -0.370 e. The van der Waals surface area contributed by atoms with E-state index in [2.05, 4.69) is 30.3 Å². The predicted octanol–water partition coefficient (Wildman–Crippen LogP) is 0.729. The van der Waals surface area contributed by atoms with E-state index in [0.717, 1.165) is 6.54 Å². The van der Waals surface area contributed by atoms with Crippen LogP contribution in [0.2, 0.25) is 0 Å². The molecule has 1 heterocycles. The molecule has 0 aliphatic carbocycles. The van der Waals surface area contributed by atoms with E-state index in [1.54, 1.807) is 0 Å². The molecule has 1 atom stereocenters. The Bertz CT molecular complexity index is 98.7. The maximum Gasteiger partial charge on any atom is 0.0952 e. The molecule has 1 unspecified atom stereocenters. The van der Waals surface area contributed by atoms with Gasteiger partial charge >= 0.3 is 0 Å². The normalized spacial score (nSPS) is 26.2. The fraction of sp³-hybridized carbons (Fsp3) is 0.667. The number of hydrogen-bond donors (Lipinski definition) is 1. The quantitative estimate of drug-likeness (QED) is 0.538. The Balaban J connectivity index is 2.41. The first kappa shape index (κ1) is 5.48. The highest BCUT2D eigenvalue weighted by atomic mass is 15.3. The molecular formula is C6H12N2. The first-order valence-electron chi connectivity index (χ1n) is 3.03. The van der Waals surface area contributed by atoms with Gasteiger partial charge in [-0.15, -0.1) is 0 Å². The van der Waals surface area contributed by atoms with Crippen LogP contribution in [0.3, 0.4) is 0 Å². The lowest BCUT2D eigenvalue weighted by atomic mass is 10.5. The molecule has 0 aromatic carbocycles. The zero-order valence-corrected chi connectivity index (χ0v) is 5.39. The van der Waals surface area contributed by atoms with Crippen molar-refractivity contribution < 1.29 is 0 Å². The molecule has 2 heteroatoms. The van der Waals surface area contributed by atoms with Crippen LogP contribution in [0.25, 0.3) is 0 Å². The monoisotopic (exact) mass is 112 g/mol. The summed E-state index contributed by atoms with van der Waals surface area (Å²) in [5.74, 6) is 0. The van der Waals surface area contributed by atoms with Gasteiger partial charge in [0.1, 0.15) is 0 Å². The van der Waals surface area contributed by atoms with Gasteiger partial charge in [-0.3, -0.25) is 0 Å². The fourth-order valence-electron chi connectivity index (χ4n) is 0.882. The molecule has 0 spiro atoms. The van der Waals surface area contributed by atoms with E-state index in [9.17, 15) is 0 Å². The summed E-state index contributed by atoms with van der Waals surface area (Å²) in [5.41, 5.74) is 0. The first-order valence-corrected chi connectivity index (χ1v) is 3.03. The lowest BCUT2D eigenvalue weighted by Gasteiger charge is -2.19. The van der Waals surface area contributed by atoms with E-state index >= 15 is 0 Å². The SMILES string of the molecule is CCN1C=CNC1C. The maximum atomic E-state index is 3.17. The summed E-state index contributed by atoms with van der Waals surface area (Å²) in [6, 6.07) is 0. The molecule has 0 radical (unpaired) electrons. The first-order chi connectivity index (χ1) is 3.84. The van der Waals surface area contributed by atoms with Gasteiger partial charge in [0.2, 0.25) is 0 Å². The second kappa shape index (κ2) is 2.07. The van der Waals surface area contributed by atoms with Gasteiger partial charge in [0, 0.05) is 18.9 Å². The van der Waals surface area contributed by atoms with Gasteiger partial charge in [-0.25, -0.2) is 0 Å². The Morgan fingerprint density at radius 3 is 2.75 bits per heavy atom. The van der Waals surface area contributed by atoms with Crippen molar-refractivity contribution in [3.05, 3.63) is 12.4 Å². The third-order valence-corrected chi connectivity index (χ3v) is 1.47. The molecule has 0 saturated carbocycles. The van der Waals surface area contributed by atoms with Crippen molar-refractivity contribution in [2.75, 3.05) is 6.54 Å². The van der Waals surface area contributed by atoms with Gasteiger partial charge in [-0.05, 0) is 13.8 Å². The average Bonchev–Trinajstić information content (AvgIpc) is 2.14. The Hall–Kier alpha value is -0.660. The van der Waals surface area contributed by atoms with E-state index in [1.807, 2.05) is 6.20 Å². The Labute approximate surface area is 50.2 Å². The van der Waals surface area contributed by atoms with Gasteiger partial charge in [0.25, 0.3) is 0 Å². The van der Waals surface area contributed by atoms with Crippen LogP contribution in [0.4, 0.5) is 0 Å². The number of nitrogens with one attached hydrogen (secondary N) is 1. The summed E-state index contributed by atoms with van der Waals surface area (Å²) < 4.78 is 0. The smallest absolute Gasteiger partial charge is 0.0952 e. The molecule has 1 rings (SSSR count). The topological polar surface area (TPSA) is 15.3 Å². The van der Waals surface area contributed by atoms with Crippen LogP contribution in [-0.2, 0) is 0 Å². The summed E-state index contributed by atoms with van der Waals surface area (Å²) in [6.07, 6.45) is 4.55. The summed E-state index contributed by atoms with van der Waals surface area (Å²) >= 11 is 0. The summed E-state index contributed by atoms with van der Waals surface area (Å²) in [4.78, 5) is 2.24. The minimum atomic E-state index is 0.500. The van der Waals surface area contributed by atoms with Crippen LogP contribution in [-0.4, -0.2) is 17.6 Å². The maximum absolute atomic E-state index is 3.17. The van der Waals surface area contributed by atoms with Crippen molar-refractivity contribution in [3.8, 4) is 0 Å². The Kier molecular flexibility index (Phi) is 1.42. The Morgan fingerprint density at radius 1 is 1.75 bits per heavy atom. The molecule has 0 aromatic rings. The molecule has 0 amide bonds. The molecule has 1 aliphatic rings. The molecular weight excluding hydrogens is 100 g/mol. The Morgan fingerprint density at radius 2 is 2.50 bits per heavy atom. The van der Waals surface area contributed by atoms with Gasteiger partial charge in [0.15, 0.2) is 0 Å². The van der Waals surface area contributed by atoms with Crippen LogP contribution in [0.1, 0.15) is 13.8 Å². The summed E-state index contributed by atoms with van der Waals surface area (Å²) in [7, 11) is 0. The van der Waals surface area contributed by atoms with E-state index < -0.39 is 0 Å². The van der Waals surface area contributed by atoms with Gasteiger partial charge < -0.3 is 10.2 Å². The summed E-state index contributed by atoms with van der Waals surface area (Å²) in [6.45, 7) is 5.38. The van der Waals surface area contributed by atoms with Crippen LogP contribution in [0.5, 0.6) is 0 Å². The fourth-order valence-corrected chi connectivity index (χ4v) is 0.882. The van der Waals surface area contributed by atoms with E-state index in [1.165, 1.54) is 0 Å². The highest BCUT2D eigenvalue weighted by Crippen LogP contribution is 2.00. The highest BCUT2D eigenvalue weighted by molar-refractivity contribution is 4.91. The molecule has 8 heavy (non-hydrogen) atoms. The van der Waals surface area contributed by atoms with E-state index in [0.29, 0.717) is 6.17 Å². The van der Waals surface area contributed by atoms with Crippen molar-refractivity contribution in [2.45, 2.75) is 20.0 Å². The number of nitrogens with zero attached hydrogens (tertiary/aromatic N) is 1. The lowest BCUT2D eigenvalue weighted by Crippen LogP contribution is -2.31. The standard InChI is InChI=1S/C6H12N2/c1-3-8-5-4-7-6(8)2/h4-7H,3H2,1-2H3. The van der Waals surface area contributed by atoms with Crippen molar-refractivity contribution >= 4 is 0 Å². The number of hydrogen-bond acceptors (Lipinski definition) is 2.